The predicted octanol–water partition coefficient (Wildman–Crippen LogP) is 31.7. The van der Waals surface area contributed by atoms with Crippen LogP contribution in [0.2, 0.25) is 0 Å². The fourth-order valence-electron chi connectivity index (χ4n) is 14.5. The molecule has 0 heterocycles. The van der Waals surface area contributed by atoms with Crippen LogP contribution in [0.1, 0.15) is 161 Å². The van der Waals surface area contributed by atoms with Crippen LogP contribution < -0.4 is 0 Å². The highest BCUT2D eigenvalue weighted by Gasteiger charge is 2.24. The molecule has 0 saturated heterocycles. The Hall–Kier alpha value is -11.4. The van der Waals surface area contributed by atoms with Crippen molar-refractivity contribution in [1.29, 1.82) is 0 Å². The van der Waals surface area contributed by atoms with Crippen LogP contribution >= 0.6 is 0 Å². The Morgan fingerprint density at radius 2 is 0.500 bits per heavy atom. The summed E-state index contributed by atoms with van der Waals surface area (Å²) in [5, 5.41) is 0. The molecule has 0 N–H and O–H groups in total. The summed E-state index contributed by atoms with van der Waals surface area (Å²) in [6.45, 7) is 44.8. The van der Waals surface area contributed by atoms with Gasteiger partial charge in [-0.1, -0.05) is 395 Å². The van der Waals surface area contributed by atoms with Crippen LogP contribution in [0.4, 0.5) is 0 Å². The van der Waals surface area contributed by atoms with Crippen LogP contribution in [0.25, 0.3) is 24.3 Å². The summed E-state index contributed by atoms with van der Waals surface area (Å²) < 4.78 is 0. The lowest BCUT2D eigenvalue weighted by molar-refractivity contribution is 0.791. The Morgan fingerprint density at radius 3 is 0.804 bits per heavy atom. The van der Waals surface area contributed by atoms with E-state index in [2.05, 4.69) is 454 Å². The Morgan fingerprint density at radius 1 is 0.223 bits per heavy atom. The lowest BCUT2D eigenvalue weighted by Crippen LogP contribution is -1.98. The Labute approximate surface area is 676 Å². The average Bonchev–Trinajstić information content (AvgIpc) is 1.68. The molecule has 0 amide bonds. The van der Waals surface area contributed by atoms with Crippen molar-refractivity contribution in [3.05, 3.63) is 494 Å². The van der Waals surface area contributed by atoms with Crippen molar-refractivity contribution < 1.29 is 0 Å². The van der Waals surface area contributed by atoms with Gasteiger partial charge in [-0.2, -0.15) is 0 Å². The van der Waals surface area contributed by atoms with E-state index in [1.165, 1.54) is 178 Å². The molecule has 12 rings (SSSR count). The molecule has 112 heavy (non-hydrogen) atoms. The van der Waals surface area contributed by atoms with Gasteiger partial charge in [-0.05, 0) is 285 Å². The van der Waals surface area contributed by atoms with Crippen LogP contribution in [0.15, 0.2) is 472 Å². The molecule has 0 unspecified atom stereocenters. The van der Waals surface area contributed by atoms with Crippen molar-refractivity contribution in [3.8, 4) is 0 Å². The minimum atomic E-state index is 0.516. The molecular weight excluding hydrogens is 1350 g/mol. The maximum atomic E-state index is 2.37. The van der Waals surface area contributed by atoms with Crippen molar-refractivity contribution in [2.45, 2.75) is 138 Å². The topological polar surface area (TPSA) is 0 Å². The highest BCUT2D eigenvalue weighted by Crippen LogP contribution is 2.42. The van der Waals surface area contributed by atoms with Gasteiger partial charge in [-0.15, -0.1) is 0 Å². The zero-order valence-corrected chi connectivity index (χ0v) is 70.6. The fraction of sp³-hybridized carbons (Fsp3) is 0.214. The number of rotatable bonds is 16. The molecular formula is C112H120. The van der Waals surface area contributed by atoms with Gasteiger partial charge >= 0.3 is 0 Å². The Balaban J connectivity index is 0.000000171. The maximum absolute atomic E-state index is 2.37. The van der Waals surface area contributed by atoms with Gasteiger partial charge in [0, 0.05) is 0 Å². The van der Waals surface area contributed by atoms with Crippen molar-refractivity contribution in [3.63, 3.8) is 0 Å². The molecule has 0 nitrogen and oxygen atoms in total. The average molecular weight is 1470 g/mol. The molecule has 0 aliphatic heterocycles. The first-order valence-electron chi connectivity index (χ1n) is 40.3. The van der Waals surface area contributed by atoms with E-state index in [-0.39, 0.29) is 0 Å². The minimum absolute atomic E-state index is 0.516. The monoisotopic (exact) mass is 1460 g/mol. The van der Waals surface area contributed by atoms with Gasteiger partial charge in [-0.25, -0.2) is 0 Å². The standard InChI is InChI=1S/4C28H30/c4*1-20(2)26-18-16-22(4)28-23(5)25(17-15-21(3)27(28)19-26)14-10-9-13-24-11-7-6-8-12-24/h4*6-20H,1-5H3/b2*13-9+,14-10+;2*13-9+,14-10-. The lowest BCUT2D eigenvalue weighted by atomic mass is 9.88. The second-order valence-corrected chi connectivity index (χ2v) is 31.3. The first-order chi connectivity index (χ1) is 53.9. The summed E-state index contributed by atoms with van der Waals surface area (Å²) in [4.78, 5) is 0. The van der Waals surface area contributed by atoms with E-state index in [0.717, 1.165) is 0 Å². The van der Waals surface area contributed by atoms with Gasteiger partial charge in [0.15, 0.2) is 0 Å². The van der Waals surface area contributed by atoms with Crippen LogP contribution in [-0.4, -0.2) is 0 Å². The van der Waals surface area contributed by atoms with Crippen LogP contribution in [-0.2, 0) is 0 Å². The number of benzene rings is 4. The van der Waals surface area contributed by atoms with E-state index in [0.29, 0.717) is 23.7 Å². The number of hydrogen-bond donors (Lipinski definition) is 0. The second kappa shape index (κ2) is 41.6. The largest absolute Gasteiger partial charge is 0.0622 e. The third-order valence-electron chi connectivity index (χ3n) is 21.6. The molecule has 0 atom stereocenters. The van der Waals surface area contributed by atoms with E-state index < -0.39 is 0 Å². The second-order valence-electron chi connectivity index (χ2n) is 31.3. The molecule has 0 fully saturated rings. The smallest absolute Gasteiger partial charge is 0.0117 e. The lowest BCUT2D eigenvalue weighted by Gasteiger charge is -2.16. The summed E-state index contributed by atoms with van der Waals surface area (Å²) in [5.41, 5.74) is 42.2. The normalized spacial score (nSPS) is 17.7. The van der Waals surface area contributed by atoms with Gasteiger partial charge in [0.2, 0.25) is 0 Å². The quantitative estimate of drug-likeness (QED) is 0.0981. The maximum Gasteiger partial charge on any atom is -0.0117 e. The van der Waals surface area contributed by atoms with Gasteiger partial charge in [0.25, 0.3) is 0 Å². The third kappa shape index (κ3) is 23.3. The molecule has 8 aliphatic rings. The van der Waals surface area contributed by atoms with Gasteiger partial charge in [-0.3, -0.25) is 0 Å². The van der Waals surface area contributed by atoms with E-state index in [1.54, 1.807) is 0 Å². The molecule has 0 heteroatoms. The molecule has 568 valence electrons. The molecule has 4 aromatic carbocycles. The van der Waals surface area contributed by atoms with Crippen LogP contribution in [0.3, 0.4) is 0 Å². The summed E-state index contributed by atoms with van der Waals surface area (Å²) in [6.07, 6.45) is 80.0. The van der Waals surface area contributed by atoms with E-state index in [4.69, 9.17) is 0 Å². The molecule has 0 aromatic heterocycles. The molecule has 0 spiro atoms. The van der Waals surface area contributed by atoms with Crippen molar-refractivity contribution >= 4 is 24.3 Å². The molecule has 0 bridgehead atoms. The number of fused-ring (bicyclic) bond motifs is 4. The first kappa shape index (κ1) is 84.6. The SMILES string of the molecule is CC1=C2C=C(C(C)C)C=CC(C)=C2C(C)=C(/C=C/C=C/c2ccccc2)C=C1.CC1=C2C=C(C(C)C)C=CC(C)=C2C(C)=C(/C=C\C=C\c2ccccc2)C=C1.CC1=CC=C(/C=C/C=C/c2ccccc2)C(C)=C2C(C)=CC=C(C(C)C)C=C12.CC1=CC=C(/C=C\C=C\c2ccccc2)C(C)=C2C(C)=CC=C(C(C)C)C=C12. The van der Waals surface area contributed by atoms with E-state index in [9.17, 15) is 0 Å². The number of hydrogen-bond acceptors (Lipinski definition) is 0. The van der Waals surface area contributed by atoms with E-state index >= 15 is 0 Å². The molecule has 8 aliphatic carbocycles. The van der Waals surface area contributed by atoms with Crippen molar-refractivity contribution in [1.82, 2.24) is 0 Å². The summed E-state index contributed by atoms with van der Waals surface area (Å²) >= 11 is 0. The zero-order chi connectivity index (χ0) is 80.4. The van der Waals surface area contributed by atoms with Gasteiger partial charge in [0.1, 0.15) is 0 Å². The molecule has 0 saturated carbocycles. The molecule has 0 radical (unpaired) electrons. The first-order valence-corrected chi connectivity index (χ1v) is 40.3. The van der Waals surface area contributed by atoms with Gasteiger partial charge in [0.05, 0.1) is 0 Å². The van der Waals surface area contributed by atoms with Crippen LogP contribution in [0, 0.1) is 23.7 Å². The Kier molecular flexibility index (Phi) is 31.4. The molecule has 4 aromatic rings. The predicted molar refractivity (Wildman–Crippen MR) is 496 cm³/mol. The highest BCUT2D eigenvalue weighted by molar-refractivity contribution is 5.73. The minimum Gasteiger partial charge on any atom is -0.0622 e. The van der Waals surface area contributed by atoms with E-state index in [1.807, 2.05) is 24.3 Å². The van der Waals surface area contributed by atoms with Gasteiger partial charge < -0.3 is 0 Å². The fourth-order valence-corrected chi connectivity index (χ4v) is 14.5. The van der Waals surface area contributed by atoms with Crippen molar-refractivity contribution in [2.24, 2.45) is 23.7 Å². The number of allylic oxidation sites excluding steroid dienone is 60. The summed E-state index contributed by atoms with van der Waals surface area (Å²) in [5.74, 6) is 2.07. The Bertz CT molecular complexity index is 4900. The zero-order valence-electron chi connectivity index (χ0n) is 70.6. The third-order valence-corrected chi connectivity index (χ3v) is 21.6. The van der Waals surface area contributed by atoms with Crippen LogP contribution in [0.5, 0.6) is 0 Å². The van der Waals surface area contributed by atoms with Crippen molar-refractivity contribution in [2.75, 3.05) is 0 Å². The summed E-state index contributed by atoms with van der Waals surface area (Å²) in [7, 11) is 0. The highest BCUT2D eigenvalue weighted by atomic mass is 14.3. The summed E-state index contributed by atoms with van der Waals surface area (Å²) in [6, 6.07) is 41.6.